The number of aromatic amines is 1. The maximum absolute atomic E-state index is 11.9. The fraction of sp³-hybridized carbons (Fsp3) is 0.529. The third-order valence-corrected chi connectivity index (χ3v) is 6.78. The highest BCUT2D eigenvalue weighted by Crippen LogP contribution is 2.36. The Balaban J connectivity index is 1.54. The molecular weight excluding hydrogens is 362 g/mol. The zero-order valence-electron chi connectivity index (χ0n) is 14.2. The number of ether oxygens (including phenoxy) is 1. The smallest absolute Gasteiger partial charge is 0.211 e. The minimum absolute atomic E-state index is 0.367. The Kier molecular flexibility index (Phi) is 4.22. The summed E-state index contributed by atoms with van der Waals surface area (Å²) in [5.41, 5.74) is 1.78. The van der Waals surface area contributed by atoms with E-state index in [1.165, 1.54) is 6.26 Å². The average Bonchev–Trinajstić information content (AvgIpc) is 3.02. The van der Waals surface area contributed by atoms with Crippen molar-refractivity contribution in [3.63, 3.8) is 0 Å². The predicted molar refractivity (Wildman–Crippen MR) is 99.9 cm³/mol. The van der Waals surface area contributed by atoms with Gasteiger partial charge in [-0.3, -0.25) is 0 Å². The number of anilines is 1. The van der Waals surface area contributed by atoms with E-state index in [9.17, 15) is 8.42 Å². The van der Waals surface area contributed by atoms with Crippen molar-refractivity contribution in [3.8, 4) is 0 Å². The van der Waals surface area contributed by atoms with Crippen LogP contribution in [-0.4, -0.2) is 62.3 Å². The second-order valence-electron chi connectivity index (χ2n) is 6.98. The van der Waals surface area contributed by atoms with Gasteiger partial charge >= 0.3 is 0 Å². The molecule has 0 amide bonds. The second kappa shape index (κ2) is 6.16. The summed E-state index contributed by atoms with van der Waals surface area (Å²) in [6.45, 7) is 3.00. The first-order valence-electron chi connectivity index (χ1n) is 8.47. The average molecular weight is 384 g/mol. The van der Waals surface area contributed by atoms with Crippen LogP contribution < -0.4 is 4.90 Å². The van der Waals surface area contributed by atoms with Gasteiger partial charge in [0.15, 0.2) is 0 Å². The van der Waals surface area contributed by atoms with Crippen molar-refractivity contribution in [2.75, 3.05) is 43.9 Å². The highest BCUT2D eigenvalue weighted by Gasteiger charge is 2.42. The maximum atomic E-state index is 11.9. The third kappa shape index (κ3) is 3.26. The number of hydrogen-bond acceptors (Lipinski definition) is 4. The number of nitrogens with zero attached hydrogens (tertiary/aromatic N) is 2. The number of H-pyrrole nitrogens is 1. The Labute approximate surface area is 152 Å². The van der Waals surface area contributed by atoms with Gasteiger partial charge in [0.25, 0.3) is 0 Å². The van der Waals surface area contributed by atoms with Crippen molar-refractivity contribution in [1.29, 1.82) is 0 Å². The summed E-state index contributed by atoms with van der Waals surface area (Å²) in [5, 5.41) is 1.87. The van der Waals surface area contributed by atoms with Gasteiger partial charge < -0.3 is 14.6 Å². The Morgan fingerprint density at radius 1 is 1.24 bits per heavy atom. The molecule has 6 nitrogen and oxygen atoms in total. The van der Waals surface area contributed by atoms with Crippen LogP contribution in [0.25, 0.3) is 10.9 Å². The van der Waals surface area contributed by atoms with Gasteiger partial charge in [0, 0.05) is 54.0 Å². The molecule has 0 aliphatic carbocycles. The van der Waals surface area contributed by atoms with E-state index in [2.05, 4.69) is 16.0 Å². The van der Waals surface area contributed by atoms with Gasteiger partial charge in [-0.25, -0.2) is 8.42 Å². The number of rotatable bonds is 2. The molecule has 2 aromatic rings. The van der Waals surface area contributed by atoms with Crippen molar-refractivity contribution >= 4 is 38.2 Å². The highest BCUT2D eigenvalue weighted by molar-refractivity contribution is 7.88. The molecule has 0 radical (unpaired) electrons. The zero-order valence-corrected chi connectivity index (χ0v) is 15.7. The molecule has 2 aliphatic heterocycles. The number of sulfonamides is 1. The standard InChI is InChI=1S/C17H22ClN3O3S/c1-25(22,23)21-8-9-24-17(12-21)3-6-20(7-4-17)16-11-13(18)10-15-14(16)2-5-19-15/h2,5,10-11,19H,3-4,6-9,12H2,1H3. The molecule has 1 aromatic heterocycles. The van der Waals surface area contributed by atoms with Crippen molar-refractivity contribution < 1.29 is 13.2 Å². The van der Waals surface area contributed by atoms with Crippen LogP contribution in [0.5, 0.6) is 0 Å². The number of nitrogens with one attached hydrogen (secondary N) is 1. The second-order valence-corrected chi connectivity index (χ2v) is 9.40. The summed E-state index contributed by atoms with van der Waals surface area (Å²) >= 11 is 6.27. The van der Waals surface area contributed by atoms with Gasteiger partial charge in [-0.05, 0) is 31.0 Å². The molecule has 0 atom stereocenters. The predicted octanol–water partition coefficient (Wildman–Crippen LogP) is 2.45. The van der Waals surface area contributed by atoms with E-state index < -0.39 is 10.0 Å². The summed E-state index contributed by atoms with van der Waals surface area (Å²) in [6.07, 6.45) is 4.80. The number of aromatic nitrogens is 1. The monoisotopic (exact) mass is 383 g/mol. The molecule has 2 aliphatic rings. The topological polar surface area (TPSA) is 65.6 Å². The van der Waals surface area contributed by atoms with Gasteiger partial charge in [0.05, 0.1) is 18.5 Å². The van der Waals surface area contributed by atoms with Gasteiger partial charge in [-0.2, -0.15) is 4.31 Å². The van der Waals surface area contributed by atoms with Crippen LogP contribution in [0.4, 0.5) is 5.69 Å². The minimum atomic E-state index is -3.18. The van der Waals surface area contributed by atoms with Gasteiger partial charge in [0.2, 0.25) is 10.0 Å². The van der Waals surface area contributed by atoms with E-state index in [1.807, 2.05) is 18.3 Å². The van der Waals surface area contributed by atoms with E-state index in [0.717, 1.165) is 42.5 Å². The Morgan fingerprint density at radius 3 is 2.72 bits per heavy atom. The molecule has 25 heavy (non-hydrogen) atoms. The molecular formula is C17H22ClN3O3S. The SMILES string of the molecule is CS(=O)(=O)N1CCOC2(CCN(c3cc(Cl)cc4[nH]ccc34)CC2)C1. The number of halogens is 1. The molecule has 8 heteroatoms. The van der Waals surface area contributed by atoms with Crippen molar-refractivity contribution in [2.45, 2.75) is 18.4 Å². The summed E-state index contributed by atoms with van der Waals surface area (Å²) in [7, 11) is -3.18. The lowest BCUT2D eigenvalue weighted by molar-refractivity contribution is -0.102. The van der Waals surface area contributed by atoms with Crippen molar-refractivity contribution in [2.24, 2.45) is 0 Å². The lowest BCUT2D eigenvalue weighted by Gasteiger charge is -2.47. The Bertz CT molecular complexity index is 888. The largest absolute Gasteiger partial charge is 0.372 e. The van der Waals surface area contributed by atoms with Crippen molar-refractivity contribution in [1.82, 2.24) is 9.29 Å². The first kappa shape index (κ1) is 17.1. The first-order valence-corrected chi connectivity index (χ1v) is 10.7. The van der Waals surface area contributed by atoms with Gasteiger partial charge in [0.1, 0.15) is 0 Å². The summed E-state index contributed by atoms with van der Waals surface area (Å²) in [5.74, 6) is 0. The lowest BCUT2D eigenvalue weighted by Crippen LogP contribution is -2.57. The van der Waals surface area contributed by atoms with E-state index in [-0.39, 0.29) is 5.60 Å². The van der Waals surface area contributed by atoms with Crippen LogP contribution in [0.3, 0.4) is 0 Å². The number of piperidine rings is 1. The summed E-state index contributed by atoms with van der Waals surface area (Å²) in [6, 6.07) is 5.99. The van der Waals surface area contributed by atoms with Crippen molar-refractivity contribution in [3.05, 3.63) is 29.4 Å². The fourth-order valence-electron chi connectivity index (χ4n) is 3.93. The summed E-state index contributed by atoms with van der Waals surface area (Å²) in [4.78, 5) is 5.53. The quantitative estimate of drug-likeness (QED) is 0.865. The van der Waals surface area contributed by atoms with Gasteiger partial charge in [-0.15, -0.1) is 0 Å². The molecule has 1 aromatic carbocycles. The fourth-order valence-corrected chi connectivity index (χ4v) is 5.01. The number of morpholine rings is 1. The van der Waals surface area contributed by atoms with Crippen LogP contribution in [0, 0.1) is 0 Å². The highest BCUT2D eigenvalue weighted by atomic mass is 35.5. The molecule has 136 valence electrons. The Morgan fingerprint density at radius 2 is 2.00 bits per heavy atom. The Hall–Kier alpha value is -1.28. The summed E-state index contributed by atoms with van der Waals surface area (Å²) < 4.78 is 31.4. The molecule has 0 unspecified atom stereocenters. The molecule has 3 heterocycles. The van der Waals surface area contributed by atoms with E-state index in [1.54, 1.807) is 4.31 Å². The zero-order chi connectivity index (χ0) is 17.7. The van der Waals surface area contributed by atoms with E-state index in [4.69, 9.17) is 16.3 Å². The van der Waals surface area contributed by atoms with Crippen LogP contribution in [-0.2, 0) is 14.8 Å². The number of hydrogen-bond donors (Lipinski definition) is 1. The molecule has 2 saturated heterocycles. The number of benzene rings is 1. The normalized spacial score (nSPS) is 21.9. The third-order valence-electron chi connectivity index (χ3n) is 5.31. The van der Waals surface area contributed by atoms with Crippen LogP contribution in [0.1, 0.15) is 12.8 Å². The minimum Gasteiger partial charge on any atom is -0.372 e. The maximum Gasteiger partial charge on any atom is 0.211 e. The lowest BCUT2D eigenvalue weighted by atomic mass is 9.89. The van der Waals surface area contributed by atoms with Crippen LogP contribution in [0.15, 0.2) is 24.4 Å². The number of fused-ring (bicyclic) bond motifs is 1. The van der Waals surface area contributed by atoms with E-state index >= 15 is 0 Å². The van der Waals surface area contributed by atoms with Crippen LogP contribution in [0.2, 0.25) is 5.02 Å². The first-order chi connectivity index (χ1) is 11.9. The van der Waals surface area contributed by atoms with Gasteiger partial charge in [-0.1, -0.05) is 11.6 Å². The molecule has 0 saturated carbocycles. The van der Waals surface area contributed by atoms with Crippen LogP contribution >= 0.6 is 11.6 Å². The molecule has 4 rings (SSSR count). The molecule has 0 bridgehead atoms. The molecule has 1 N–H and O–H groups in total. The van der Waals surface area contributed by atoms with E-state index in [0.29, 0.717) is 24.7 Å². The molecule has 1 spiro atoms. The molecule has 2 fully saturated rings.